The van der Waals surface area contributed by atoms with Gasteiger partial charge in [0, 0.05) is 32.3 Å². The van der Waals surface area contributed by atoms with Crippen LogP contribution in [0.3, 0.4) is 0 Å². The topological polar surface area (TPSA) is 27.7 Å². The molecule has 0 fully saturated rings. The molecule has 0 rings (SSSR count). The molecule has 0 saturated carbocycles. The smallest absolute Gasteiger partial charge is 0.373 e. The van der Waals surface area contributed by atoms with Crippen LogP contribution in [0.2, 0.25) is 6.04 Å². The van der Waals surface area contributed by atoms with Crippen molar-refractivity contribution in [1.82, 2.24) is 0 Å². The number of hydrogen-bond acceptors (Lipinski definition) is 3. The number of unbranched alkanes of at least 4 members (excludes halogenated alkanes) is 14. The van der Waals surface area contributed by atoms with Crippen LogP contribution in [0.15, 0.2) is 0 Å². The van der Waals surface area contributed by atoms with Gasteiger partial charge in [0.15, 0.2) is 0 Å². The maximum Gasteiger partial charge on any atom is 0.501 e. The van der Waals surface area contributed by atoms with Crippen LogP contribution in [0.25, 0.3) is 0 Å². The maximum absolute atomic E-state index is 6.39. The van der Waals surface area contributed by atoms with Gasteiger partial charge in [-0.2, -0.15) is 0 Å². The zero-order valence-electron chi connectivity index (χ0n) is 27.3. The van der Waals surface area contributed by atoms with E-state index in [1.165, 1.54) is 127 Å². The van der Waals surface area contributed by atoms with Crippen molar-refractivity contribution in [3.8, 4) is 0 Å². The third kappa shape index (κ3) is 21.8. The van der Waals surface area contributed by atoms with E-state index in [2.05, 4.69) is 41.7 Å². The lowest BCUT2D eigenvalue weighted by Gasteiger charge is -2.36. The average molecular weight is 559 g/mol. The molecule has 0 unspecified atom stereocenters. The molecule has 0 aliphatic heterocycles. The summed E-state index contributed by atoms with van der Waals surface area (Å²) in [7, 11) is -0.0621. The molecule has 0 spiro atoms. The Morgan fingerprint density at radius 3 is 1.05 bits per heavy atom. The summed E-state index contributed by atoms with van der Waals surface area (Å²) < 4.78 is 20.4. The van der Waals surface area contributed by atoms with E-state index in [0.717, 1.165) is 51.5 Å². The molecule has 38 heavy (non-hydrogen) atoms. The second-order valence-electron chi connectivity index (χ2n) is 12.1. The van der Waals surface area contributed by atoms with Gasteiger partial charge in [-0.05, 0) is 44.9 Å². The van der Waals surface area contributed by atoms with Gasteiger partial charge in [0.25, 0.3) is 0 Å². The summed E-state index contributed by atoms with van der Waals surface area (Å²) in [6.45, 7) is 17.3. The molecule has 0 aromatic carbocycles. The van der Waals surface area contributed by atoms with E-state index in [0.29, 0.717) is 0 Å². The van der Waals surface area contributed by atoms with E-state index in [-0.39, 0.29) is 0 Å². The first-order valence-electron chi connectivity index (χ1n) is 17.3. The Labute approximate surface area is 241 Å². The normalized spacial score (nSPS) is 12.5. The van der Waals surface area contributed by atoms with Gasteiger partial charge in [0.1, 0.15) is 0 Å². The minimum absolute atomic E-state index is 0.752. The van der Waals surface area contributed by atoms with Crippen molar-refractivity contribution in [2.24, 2.45) is 0 Å². The molecule has 0 N–H and O–H groups in total. The van der Waals surface area contributed by atoms with Gasteiger partial charge in [-0.3, -0.25) is 0 Å². The Morgan fingerprint density at radius 1 is 0.395 bits per heavy atom. The van der Waals surface area contributed by atoms with Crippen LogP contribution in [-0.2, 0) is 13.3 Å². The highest BCUT2D eigenvalue weighted by atomic mass is 28.4. The molecule has 0 aliphatic carbocycles. The van der Waals surface area contributed by atoms with E-state index in [1.807, 2.05) is 0 Å². The van der Waals surface area contributed by atoms with Crippen LogP contribution in [0, 0.1) is 0 Å². The van der Waals surface area contributed by atoms with Crippen LogP contribution >= 0.6 is 0 Å². The van der Waals surface area contributed by atoms with Gasteiger partial charge in [0.05, 0.1) is 26.7 Å². The highest BCUT2D eigenvalue weighted by Crippen LogP contribution is 2.22. The quantitative estimate of drug-likeness (QED) is 0.0481. The zero-order valence-corrected chi connectivity index (χ0v) is 28.3. The Kier molecular flexibility index (Phi) is 27.3. The molecular formula is C33H72NO3Si+. The predicted octanol–water partition coefficient (Wildman–Crippen LogP) is 10.3. The average Bonchev–Trinajstić information content (AvgIpc) is 2.92. The van der Waals surface area contributed by atoms with Crippen LogP contribution in [-0.4, -0.2) is 59.8 Å². The van der Waals surface area contributed by atoms with Gasteiger partial charge in [-0.15, -0.1) is 0 Å². The summed E-state index contributed by atoms with van der Waals surface area (Å²) in [5.74, 6) is 0. The molecule has 0 amide bonds. The highest BCUT2D eigenvalue weighted by molar-refractivity contribution is 6.60. The van der Waals surface area contributed by atoms with Gasteiger partial charge < -0.3 is 17.8 Å². The van der Waals surface area contributed by atoms with Gasteiger partial charge in [-0.25, -0.2) is 0 Å². The van der Waals surface area contributed by atoms with E-state index in [4.69, 9.17) is 13.3 Å². The van der Waals surface area contributed by atoms with Gasteiger partial charge >= 0.3 is 8.80 Å². The molecule has 4 nitrogen and oxygen atoms in total. The molecule has 0 heterocycles. The summed E-state index contributed by atoms with van der Waals surface area (Å²) in [5, 5.41) is 0. The SMILES string of the molecule is CCCCCCCCCC[N+](C)(CCCCCCCCCC)CCC[Si](OCCC)(OCCC)OCCC. The van der Waals surface area contributed by atoms with Crippen LogP contribution in [0.1, 0.15) is 163 Å². The fraction of sp³-hybridized carbons (Fsp3) is 1.00. The van der Waals surface area contributed by atoms with E-state index in [9.17, 15) is 0 Å². The number of hydrogen-bond donors (Lipinski definition) is 0. The minimum atomic E-state index is -2.59. The van der Waals surface area contributed by atoms with Crippen molar-refractivity contribution in [2.45, 2.75) is 169 Å². The second kappa shape index (κ2) is 27.2. The van der Waals surface area contributed by atoms with E-state index >= 15 is 0 Å². The first-order valence-corrected chi connectivity index (χ1v) is 19.2. The largest absolute Gasteiger partial charge is 0.501 e. The van der Waals surface area contributed by atoms with E-state index < -0.39 is 8.80 Å². The summed E-state index contributed by atoms with van der Waals surface area (Å²) in [4.78, 5) is 0. The molecular weight excluding hydrogens is 486 g/mol. The molecule has 230 valence electrons. The second-order valence-corrected chi connectivity index (χ2v) is 14.8. The number of rotatable bonds is 31. The third-order valence-corrected chi connectivity index (χ3v) is 10.8. The lowest BCUT2D eigenvalue weighted by molar-refractivity contribution is -0.910. The standard InChI is InChI=1S/C33H72NO3Si/c1-7-12-14-16-18-20-22-24-27-34(6,28-25-23-21-19-17-15-13-8-2)29-26-33-38(35-30-9-3,36-31-10-4)37-32-11-5/h7-33H2,1-6H3/q+1. The zero-order chi connectivity index (χ0) is 28.2. The molecule has 0 radical (unpaired) electrons. The van der Waals surface area contributed by atoms with E-state index in [1.54, 1.807) is 0 Å². The van der Waals surface area contributed by atoms with Crippen molar-refractivity contribution in [3.63, 3.8) is 0 Å². The maximum atomic E-state index is 6.39. The van der Waals surface area contributed by atoms with Gasteiger partial charge in [-0.1, -0.05) is 112 Å². The summed E-state index contributed by atoms with van der Waals surface area (Å²) >= 11 is 0. The van der Waals surface area contributed by atoms with Crippen molar-refractivity contribution in [3.05, 3.63) is 0 Å². The fourth-order valence-corrected chi connectivity index (χ4v) is 8.20. The Balaban J connectivity index is 4.86. The molecule has 0 aromatic rings. The number of nitrogens with zero attached hydrogens (tertiary/aromatic N) is 1. The summed E-state index contributed by atoms with van der Waals surface area (Å²) in [5.41, 5.74) is 0. The van der Waals surface area contributed by atoms with Crippen LogP contribution < -0.4 is 0 Å². The van der Waals surface area contributed by atoms with Gasteiger partial charge in [0.2, 0.25) is 0 Å². The lowest BCUT2D eigenvalue weighted by Crippen LogP contribution is -2.50. The molecule has 0 aliphatic rings. The first-order chi connectivity index (χ1) is 18.5. The number of quaternary nitrogens is 1. The summed E-state index contributed by atoms with van der Waals surface area (Å²) in [6.07, 6.45) is 26.6. The Hall–Kier alpha value is 0.0569. The van der Waals surface area contributed by atoms with Crippen LogP contribution in [0.5, 0.6) is 0 Å². The Morgan fingerprint density at radius 2 is 0.711 bits per heavy atom. The molecule has 0 aromatic heterocycles. The molecule has 5 heteroatoms. The fourth-order valence-electron chi connectivity index (χ4n) is 5.38. The molecule has 0 atom stereocenters. The Bertz CT molecular complexity index is 435. The van der Waals surface area contributed by atoms with Crippen molar-refractivity contribution in [2.75, 3.05) is 46.5 Å². The van der Waals surface area contributed by atoms with Crippen molar-refractivity contribution in [1.29, 1.82) is 0 Å². The molecule has 0 bridgehead atoms. The van der Waals surface area contributed by atoms with Crippen molar-refractivity contribution >= 4 is 8.80 Å². The summed E-state index contributed by atoms with van der Waals surface area (Å²) in [6, 6.07) is 0.968. The van der Waals surface area contributed by atoms with Crippen molar-refractivity contribution < 1.29 is 17.8 Å². The monoisotopic (exact) mass is 559 g/mol. The highest BCUT2D eigenvalue weighted by Gasteiger charge is 2.41. The third-order valence-electron chi connectivity index (χ3n) is 7.86. The lowest BCUT2D eigenvalue weighted by atomic mass is 10.1. The first kappa shape index (κ1) is 38.1. The van der Waals surface area contributed by atoms with Crippen LogP contribution in [0.4, 0.5) is 0 Å². The minimum Gasteiger partial charge on any atom is -0.373 e. The molecule has 0 saturated heterocycles. The predicted molar refractivity (Wildman–Crippen MR) is 170 cm³/mol.